The maximum Gasteiger partial charge on any atom is 0.285 e. The van der Waals surface area contributed by atoms with Gasteiger partial charge in [-0.15, -0.1) is 0 Å². The summed E-state index contributed by atoms with van der Waals surface area (Å²) >= 11 is 6.03. The van der Waals surface area contributed by atoms with E-state index in [2.05, 4.69) is 15.4 Å². The Balaban J connectivity index is 1.35. The summed E-state index contributed by atoms with van der Waals surface area (Å²) in [6, 6.07) is 6.29. The minimum atomic E-state index is -3.84. The summed E-state index contributed by atoms with van der Waals surface area (Å²) < 4.78 is 30.4. The van der Waals surface area contributed by atoms with Crippen LogP contribution in [0, 0.1) is 6.92 Å². The Hall–Kier alpha value is -4.76. The van der Waals surface area contributed by atoms with Gasteiger partial charge in [0.15, 0.2) is 5.69 Å². The Morgan fingerprint density at radius 3 is 2.57 bits per heavy atom. The van der Waals surface area contributed by atoms with Gasteiger partial charge in [-0.3, -0.25) is 18.8 Å². The van der Waals surface area contributed by atoms with Crippen molar-refractivity contribution in [2.45, 2.75) is 33.0 Å². The van der Waals surface area contributed by atoms with Gasteiger partial charge >= 0.3 is 0 Å². The molecular weight excluding hydrogens is 608 g/mol. The van der Waals surface area contributed by atoms with Gasteiger partial charge in [0.2, 0.25) is 16.0 Å². The fourth-order valence-corrected chi connectivity index (χ4v) is 5.94. The predicted molar refractivity (Wildman–Crippen MR) is 166 cm³/mol. The lowest BCUT2D eigenvalue weighted by Crippen LogP contribution is -2.31. The number of carbonyl (C=O) groups is 1. The Bertz CT molecular complexity index is 2110. The number of rotatable bonds is 7. The standard InChI is InChI=1S/C28H29ClN10O4S/c1-15-8-19(16(2)31-21-6-7-23(29)32-25(21)26(40)35-44(5,42)43)24-20(9-15)27(41)37(4)28(33-24)38-11-17-12-39(34-22(17)14-38)18-10-30-36(3)13-18/h6-10,12-13,16,31H,11,14H2,1-5H3,(H,35,40)/t16-/m1/s1. The second kappa shape index (κ2) is 10.7. The van der Waals surface area contributed by atoms with Crippen LogP contribution in [0.2, 0.25) is 5.15 Å². The van der Waals surface area contributed by atoms with Crippen molar-refractivity contribution < 1.29 is 13.2 Å². The van der Waals surface area contributed by atoms with E-state index in [9.17, 15) is 18.0 Å². The minimum absolute atomic E-state index is 0.0244. The quantitative estimate of drug-likeness (QED) is 0.254. The molecular formula is C28H29ClN10O4S. The SMILES string of the molecule is Cc1cc([C@@H](C)Nc2ccc(Cl)nc2C(=O)NS(C)(=O)=O)c2nc(N3Cc4cn(-c5cnn(C)c5)nc4C3)n(C)c(=O)c2c1. The van der Waals surface area contributed by atoms with Crippen LogP contribution in [0.1, 0.15) is 45.8 Å². The maximum atomic E-state index is 13.7. The predicted octanol–water partition coefficient (Wildman–Crippen LogP) is 2.59. The van der Waals surface area contributed by atoms with E-state index >= 15 is 0 Å². The second-order valence-corrected chi connectivity index (χ2v) is 13.0. The number of halogens is 1. The Morgan fingerprint density at radius 2 is 1.89 bits per heavy atom. The van der Waals surface area contributed by atoms with Crippen LogP contribution in [0.25, 0.3) is 16.6 Å². The highest BCUT2D eigenvalue weighted by Gasteiger charge is 2.28. The van der Waals surface area contributed by atoms with Crippen molar-refractivity contribution in [2.75, 3.05) is 16.5 Å². The fraction of sp³-hybridized carbons (Fsp3) is 0.286. The largest absolute Gasteiger partial charge is 0.377 e. The average molecular weight is 637 g/mol. The molecule has 1 aliphatic rings. The van der Waals surface area contributed by atoms with Crippen molar-refractivity contribution >= 4 is 50.1 Å². The lowest BCUT2D eigenvalue weighted by atomic mass is 10.0. The van der Waals surface area contributed by atoms with Crippen molar-refractivity contribution in [1.82, 2.24) is 38.8 Å². The number of hydrogen-bond acceptors (Lipinski definition) is 10. The first-order chi connectivity index (χ1) is 20.8. The number of anilines is 2. The lowest BCUT2D eigenvalue weighted by molar-refractivity contribution is 0.0977. The zero-order valence-electron chi connectivity index (χ0n) is 24.5. The molecule has 6 rings (SSSR count). The van der Waals surface area contributed by atoms with Crippen molar-refractivity contribution in [1.29, 1.82) is 0 Å². The van der Waals surface area contributed by atoms with E-state index in [0.717, 1.165) is 28.8 Å². The number of benzene rings is 1. The molecule has 16 heteroatoms. The van der Waals surface area contributed by atoms with E-state index < -0.39 is 22.0 Å². The molecule has 1 atom stereocenters. The number of hydrogen-bond donors (Lipinski definition) is 2. The molecule has 0 saturated carbocycles. The summed E-state index contributed by atoms with van der Waals surface area (Å²) in [5, 5.41) is 12.7. The molecule has 5 heterocycles. The number of nitrogens with zero attached hydrogens (tertiary/aromatic N) is 8. The van der Waals surface area contributed by atoms with Gasteiger partial charge in [0.1, 0.15) is 10.8 Å². The van der Waals surface area contributed by atoms with Crippen LogP contribution in [-0.2, 0) is 37.2 Å². The molecule has 1 aliphatic heterocycles. The third kappa shape index (κ3) is 5.51. The van der Waals surface area contributed by atoms with Gasteiger partial charge in [-0.2, -0.15) is 10.2 Å². The Labute approximate surface area is 257 Å². The summed E-state index contributed by atoms with van der Waals surface area (Å²) in [4.78, 5) is 37.5. The van der Waals surface area contributed by atoms with Crippen LogP contribution in [0.4, 0.5) is 11.6 Å². The summed E-state index contributed by atoms with van der Waals surface area (Å²) in [5.41, 5.74) is 4.71. The molecule has 228 valence electrons. The number of aromatic nitrogens is 7. The molecule has 1 aromatic carbocycles. The molecule has 0 radical (unpaired) electrons. The highest BCUT2D eigenvalue weighted by atomic mass is 35.5. The highest BCUT2D eigenvalue weighted by molar-refractivity contribution is 7.89. The molecule has 0 fully saturated rings. The van der Waals surface area contributed by atoms with Crippen LogP contribution in [0.15, 0.2) is 47.7 Å². The van der Waals surface area contributed by atoms with E-state index in [-0.39, 0.29) is 22.1 Å². The molecule has 44 heavy (non-hydrogen) atoms. The topological polar surface area (TPSA) is 162 Å². The first-order valence-electron chi connectivity index (χ1n) is 13.6. The summed E-state index contributed by atoms with van der Waals surface area (Å²) in [6.07, 6.45) is 6.47. The smallest absolute Gasteiger partial charge is 0.285 e. The first kappa shape index (κ1) is 29.3. The number of aryl methyl sites for hydroxylation is 2. The minimum Gasteiger partial charge on any atom is -0.377 e. The number of fused-ring (bicyclic) bond motifs is 2. The molecule has 0 aliphatic carbocycles. The van der Waals surface area contributed by atoms with Crippen molar-refractivity contribution in [2.24, 2.45) is 14.1 Å². The monoisotopic (exact) mass is 636 g/mol. The molecule has 0 spiro atoms. The number of sulfonamides is 1. The van der Waals surface area contributed by atoms with E-state index in [0.29, 0.717) is 35.5 Å². The average Bonchev–Trinajstić information content (AvgIpc) is 3.65. The molecule has 0 bridgehead atoms. The third-order valence-corrected chi connectivity index (χ3v) is 8.11. The van der Waals surface area contributed by atoms with E-state index in [4.69, 9.17) is 21.7 Å². The van der Waals surface area contributed by atoms with Crippen LogP contribution in [-0.4, -0.2) is 54.7 Å². The first-order valence-corrected chi connectivity index (χ1v) is 15.8. The summed E-state index contributed by atoms with van der Waals surface area (Å²) in [5.74, 6) is -0.431. The fourth-order valence-electron chi connectivity index (χ4n) is 5.36. The zero-order valence-corrected chi connectivity index (χ0v) is 26.1. The molecule has 4 aromatic heterocycles. The molecule has 0 saturated heterocycles. The van der Waals surface area contributed by atoms with Crippen LogP contribution < -0.4 is 20.5 Å². The number of nitrogens with one attached hydrogen (secondary N) is 2. The Morgan fingerprint density at radius 1 is 1.11 bits per heavy atom. The van der Waals surface area contributed by atoms with Gasteiger partial charge in [0, 0.05) is 38.0 Å². The van der Waals surface area contributed by atoms with E-state index in [1.165, 1.54) is 6.07 Å². The Kier molecular flexibility index (Phi) is 7.16. The maximum absolute atomic E-state index is 13.7. The van der Waals surface area contributed by atoms with Crippen molar-refractivity contribution in [3.8, 4) is 5.69 Å². The summed E-state index contributed by atoms with van der Waals surface area (Å²) in [7, 11) is -0.292. The van der Waals surface area contributed by atoms with Gasteiger partial charge in [-0.1, -0.05) is 17.7 Å². The van der Waals surface area contributed by atoms with Gasteiger partial charge in [-0.25, -0.2) is 27.8 Å². The van der Waals surface area contributed by atoms with Crippen LogP contribution in [0.3, 0.4) is 0 Å². The van der Waals surface area contributed by atoms with Gasteiger partial charge < -0.3 is 10.2 Å². The van der Waals surface area contributed by atoms with Gasteiger partial charge in [-0.05, 0) is 37.6 Å². The second-order valence-electron chi connectivity index (χ2n) is 10.9. The third-order valence-electron chi connectivity index (χ3n) is 7.34. The highest BCUT2D eigenvalue weighted by Crippen LogP contribution is 2.31. The van der Waals surface area contributed by atoms with E-state index in [1.807, 2.05) is 49.0 Å². The van der Waals surface area contributed by atoms with Crippen molar-refractivity contribution in [3.63, 3.8) is 0 Å². The molecule has 14 nitrogen and oxygen atoms in total. The molecule has 2 N–H and O–H groups in total. The molecule has 0 unspecified atom stereocenters. The molecule has 5 aromatic rings. The van der Waals surface area contributed by atoms with Gasteiger partial charge in [0.05, 0.1) is 53.5 Å². The lowest BCUT2D eigenvalue weighted by Gasteiger charge is -2.23. The number of pyridine rings is 1. The normalized spacial score (nSPS) is 13.7. The number of amides is 1. The molecule has 1 amide bonds. The van der Waals surface area contributed by atoms with E-state index in [1.54, 1.807) is 39.3 Å². The summed E-state index contributed by atoms with van der Waals surface area (Å²) in [6.45, 7) is 4.73. The zero-order chi connectivity index (χ0) is 31.5. The van der Waals surface area contributed by atoms with Gasteiger partial charge in [0.25, 0.3) is 11.5 Å². The number of carbonyl (C=O) groups excluding carboxylic acids is 1. The van der Waals surface area contributed by atoms with Crippen LogP contribution >= 0.6 is 11.6 Å². The van der Waals surface area contributed by atoms with Crippen molar-refractivity contribution in [3.05, 3.63) is 86.4 Å². The van der Waals surface area contributed by atoms with Crippen LogP contribution in [0.5, 0.6) is 0 Å².